The second kappa shape index (κ2) is 5.66. The van der Waals surface area contributed by atoms with Crippen LogP contribution in [-0.4, -0.2) is 11.7 Å². The number of rotatable bonds is 5. The van der Waals surface area contributed by atoms with Crippen LogP contribution in [0, 0.1) is 0 Å². The lowest BCUT2D eigenvalue weighted by molar-refractivity contribution is 0.191. The average Bonchev–Trinajstić information content (AvgIpc) is 2.19. The van der Waals surface area contributed by atoms with Gasteiger partial charge in [-0.25, -0.2) is 0 Å². The van der Waals surface area contributed by atoms with Crippen molar-refractivity contribution < 1.29 is 9.84 Å². The standard InChI is InChI=1S/C12H18O2/c1-3-4-9-14-12-8-6-5-7-11(12)10(2)13/h5-8,10,13H,3-4,9H2,1-2H3/t10-/m1/s1. The zero-order chi connectivity index (χ0) is 10.4. The maximum Gasteiger partial charge on any atom is 0.125 e. The van der Waals surface area contributed by atoms with Crippen molar-refractivity contribution in [2.75, 3.05) is 6.61 Å². The third-order valence-corrected chi connectivity index (χ3v) is 2.12. The molecule has 78 valence electrons. The quantitative estimate of drug-likeness (QED) is 0.730. The summed E-state index contributed by atoms with van der Waals surface area (Å²) in [5, 5.41) is 9.48. The van der Waals surface area contributed by atoms with Crippen molar-refractivity contribution in [3.05, 3.63) is 29.8 Å². The molecule has 0 aliphatic carbocycles. The lowest BCUT2D eigenvalue weighted by Crippen LogP contribution is -2.01. The molecule has 0 radical (unpaired) electrons. The van der Waals surface area contributed by atoms with Crippen molar-refractivity contribution in [3.8, 4) is 5.75 Å². The Balaban J connectivity index is 2.64. The Morgan fingerprint density at radius 1 is 1.36 bits per heavy atom. The zero-order valence-corrected chi connectivity index (χ0v) is 8.86. The molecule has 1 atom stereocenters. The van der Waals surface area contributed by atoms with Gasteiger partial charge >= 0.3 is 0 Å². The van der Waals surface area contributed by atoms with Crippen molar-refractivity contribution in [1.29, 1.82) is 0 Å². The lowest BCUT2D eigenvalue weighted by Gasteiger charge is -2.12. The lowest BCUT2D eigenvalue weighted by atomic mass is 10.1. The van der Waals surface area contributed by atoms with E-state index in [9.17, 15) is 5.11 Å². The first-order chi connectivity index (χ1) is 6.75. The summed E-state index contributed by atoms with van der Waals surface area (Å²) >= 11 is 0. The van der Waals surface area contributed by atoms with Gasteiger partial charge in [0, 0.05) is 5.56 Å². The second-order valence-corrected chi connectivity index (χ2v) is 3.42. The van der Waals surface area contributed by atoms with Crippen LogP contribution in [0.25, 0.3) is 0 Å². The first-order valence-electron chi connectivity index (χ1n) is 5.15. The van der Waals surface area contributed by atoms with E-state index in [0.717, 1.165) is 30.8 Å². The first kappa shape index (κ1) is 11.1. The van der Waals surface area contributed by atoms with E-state index in [0.29, 0.717) is 0 Å². The highest BCUT2D eigenvalue weighted by atomic mass is 16.5. The van der Waals surface area contributed by atoms with Gasteiger partial charge in [0.1, 0.15) is 5.75 Å². The van der Waals surface area contributed by atoms with Gasteiger partial charge in [-0.2, -0.15) is 0 Å². The molecule has 1 aromatic carbocycles. The normalized spacial score (nSPS) is 12.5. The first-order valence-corrected chi connectivity index (χ1v) is 5.15. The van der Waals surface area contributed by atoms with Crippen LogP contribution in [0.4, 0.5) is 0 Å². The summed E-state index contributed by atoms with van der Waals surface area (Å²) < 4.78 is 5.58. The van der Waals surface area contributed by atoms with Gasteiger partial charge < -0.3 is 9.84 Å². The number of benzene rings is 1. The van der Waals surface area contributed by atoms with Gasteiger partial charge in [-0.1, -0.05) is 31.5 Å². The Morgan fingerprint density at radius 2 is 2.07 bits per heavy atom. The van der Waals surface area contributed by atoms with E-state index in [1.165, 1.54) is 0 Å². The van der Waals surface area contributed by atoms with Crippen LogP contribution in [0.3, 0.4) is 0 Å². The molecule has 0 saturated carbocycles. The topological polar surface area (TPSA) is 29.5 Å². The molecule has 0 saturated heterocycles. The summed E-state index contributed by atoms with van der Waals surface area (Å²) in [6.07, 6.45) is 1.71. The van der Waals surface area contributed by atoms with E-state index in [1.54, 1.807) is 6.92 Å². The van der Waals surface area contributed by atoms with E-state index < -0.39 is 6.10 Å². The van der Waals surface area contributed by atoms with E-state index in [-0.39, 0.29) is 0 Å². The van der Waals surface area contributed by atoms with Gasteiger partial charge in [0.05, 0.1) is 12.7 Å². The Kier molecular flexibility index (Phi) is 4.47. The zero-order valence-electron chi connectivity index (χ0n) is 8.86. The van der Waals surface area contributed by atoms with Crippen molar-refractivity contribution >= 4 is 0 Å². The molecule has 0 amide bonds. The number of ether oxygens (including phenoxy) is 1. The maximum absolute atomic E-state index is 9.48. The molecule has 1 rings (SSSR count). The van der Waals surface area contributed by atoms with Gasteiger partial charge in [0.25, 0.3) is 0 Å². The van der Waals surface area contributed by atoms with Crippen molar-refractivity contribution in [3.63, 3.8) is 0 Å². The van der Waals surface area contributed by atoms with Crippen LogP contribution in [0.1, 0.15) is 38.4 Å². The van der Waals surface area contributed by atoms with Gasteiger partial charge in [0.2, 0.25) is 0 Å². The summed E-state index contributed by atoms with van der Waals surface area (Å²) in [6, 6.07) is 7.63. The number of para-hydroxylation sites is 1. The molecule has 0 spiro atoms. The Morgan fingerprint density at radius 3 is 2.71 bits per heavy atom. The molecule has 14 heavy (non-hydrogen) atoms. The summed E-state index contributed by atoms with van der Waals surface area (Å²) in [5.74, 6) is 0.802. The molecular weight excluding hydrogens is 176 g/mol. The fourth-order valence-corrected chi connectivity index (χ4v) is 1.28. The summed E-state index contributed by atoms with van der Waals surface area (Å²) in [7, 11) is 0. The van der Waals surface area contributed by atoms with Crippen molar-refractivity contribution in [2.24, 2.45) is 0 Å². The third-order valence-electron chi connectivity index (χ3n) is 2.12. The van der Waals surface area contributed by atoms with Crippen LogP contribution in [-0.2, 0) is 0 Å². The minimum absolute atomic E-state index is 0.465. The number of unbranched alkanes of at least 4 members (excludes halogenated alkanes) is 1. The number of aliphatic hydroxyl groups excluding tert-OH is 1. The minimum Gasteiger partial charge on any atom is -0.493 e. The van der Waals surface area contributed by atoms with Crippen LogP contribution in [0.2, 0.25) is 0 Å². The molecule has 2 nitrogen and oxygen atoms in total. The molecule has 0 aliphatic rings. The second-order valence-electron chi connectivity index (χ2n) is 3.42. The Bertz CT molecular complexity index is 269. The van der Waals surface area contributed by atoms with Crippen LogP contribution in [0.15, 0.2) is 24.3 Å². The molecule has 1 aromatic rings. The fourth-order valence-electron chi connectivity index (χ4n) is 1.28. The maximum atomic E-state index is 9.48. The molecule has 0 fully saturated rings. The molecule has 0 unspecified atom stereocenters. The van der Waals surface area contributed by atoms with Crippen molar-refractivity contribution in [2.45, 2.75) is 32.8 Å². The number of hydrogen-bond acceptors (Lipinski definition) is 2. The van der Waals surface area contributed by atoms with Crippen LogP contribution >= 0.6 is 0 Å². The third kappa shape index (κ3) is 3.04. The van der Waals surface area contributed by atoms with Crippen LogP contribution < -0.4 is 4.74 Å². The summed E-state index contributed by atoms with van der Waals surface area (Å²) in [6.45, 7) is 4.60. The van der Waals surface area contributed by atoms with Gasteiger partial charge in [-0.3, -0.25) is 0 Å². The molecular formula is C12H18O2. The van der Waals surface area contributed by atoms with Gasteiger partial charge in [-0.15, -0.1) is 0 Å². The number of hydrogen-bond donors (Lipinski definition) is 1. The van der Waals surface area contributed by atoms with Crippen LogP contribution in [0.5, 0.6) is 5.75 Å². The predicted octanol–water partition coefficient (Wildman–Crippen LogP) is 2.92. The smallest absolute Gasteiger partial charge is 0.125 e. The number of aliphatic hydroxyl groups is 1. The van der Waals surface area contributed by atoms with E-state index in [4.69, 9.17) is 4.74 Å². The highest BCUT2D eigenvalue weighted by Gasteiger charge is 2.07. The highest BCUT2D eigenvalue weighted by Crippen LogP contribution is 2.24. The molecule has 0 aliphatic heterocycles. The van der Waals surface area contributed by atoms with Crippen molar-refractivity contribution in [1.82, 2.24) is 0 Å². The van der Waals surface area contributed by atoms with Gasteiger partial charge in [0.15, 0.2) is 0 Å². The van der Waals surface area contributed by atoms with E-state index >= 15 is 0 Å². The highest BCUT2D eigenvalue weighted by molar-refractivity contribution is 5.34. The van der Waals surface area contributed by atoms with Gasteiger partial charge in [-0.05, 0) is 19.4 Å². The average molecular weight is 194 g/mol. The molecule has 1 N–H and O–H groups in total. The van der Waals surface area contributed by atoms with E-state index in [2.05, 4.69) is 6.92 Å². The molecule has 0 heterocycles. The predicted molar refractivity (Wildman–Crippen MR) is 57.5 cm³/mol. The molecule has 0 bridgehead atoms. The Hall–Kier alpha value is -1.02. The SMILES string of the molecule is CCCCOc1ccccc1[C@@H](C)O. The summed E-state index contributed by atoms with van der Waals surface area (Å²) in [4.78, 5) is 0. The summed E-state index contributed by atoms with van der Waals surface area (Å²) in [5.41, 5.74) is 0.864. The van der Waals surface area contributed by atoms with E-state index in [1.807, 2.05) is 24.3 Å². The minimum atomic E-state index is -0.465. The Labute approximate surface area is 85.5 Å². The largest absolute Gasteiger partial charge is 0.493 e. The molecule has 0 aromatic heterocycles. The monoisotopic (exact) mass is 194 g/mol. The molecule has 2 heteroatoms. The fraction of sp³-hybridized carbons (Fsp3) is 0.500.